The molecule has 0 amide bonds. The van der Waals surface area contributed by atoms with Crippen molar-refractivity contribution in [1.82, 2.24) is 10.3 Å². The molecule has 19 heavy (non-hydrogen) atoms. The molecule has 0 aliphatic carbocycles. The fraction of sp³-hybridized carbons (Fsp3) is 0.214. The zero-order valence-electron chi connectivity index (χ0n) is 10.3. The highest BCUT2D eigenvalue weighted by molar-refractivity contribution is 6.35. The number of pyridine rings is 1. The van der Waals surface area contributed by atoms with E-state index in [2.05, 4.69) is 10.3 Å². The van der Waals surface area contributed by atoms with Gasteiger partial charge in [-0.1, -0.05) is 29.3 Å². The molecule has 2 rings (SSSR count). The molecule has 2 nitrogen and oxygen atoms in total. The van der Waals surface area contributed by atoms with Crippen molar-refractivity contribution in [3.63, 3.8) is 0 Å². The molecule has 1 aromatic heterocycles. The normalized spacial score (nSPS) is 12.4. The van der Waals surface area contributed by atoms with Gasteiger partial charge in [0.2, 0.25) is 0 Å². The third kappa shape index (κ3) is 3.90. The van der Waals surface area contributed by atoms with Crippen molar-refractivity contribution in [1.29, 1.82) is 0 Å². The van der Waals surface area contributed by atoms with Crippen molar-refractivity contribution in [2.75, 3.05) is 0 Å². The van der Waals surface area contributed by atoms with Crippen LogP contribution in [0.4, 0.5) is 4.39 Å². The van der Waals surface area contributed by atoms with Crippen LogP contribution in [0.5, 0.6) is 0 Å². The molecule has 1 unspecified atom stereocenters. The van der Waals surface area contributed by atoms with Crippen LogP contribution in [-0.4, -0.2) is 4.98 Å². The van der Waals surface area contributed by atoms with E-state index < -0.39 is 0 Å². The van der Waals surface area contributed by atoms with Crippen LogP contribution in [-0.2, 0) is 6.54 Å². The Morgan fingerprint density at radius 3 is 2.74 bits per heavy atom. The number of nitrogens with zero attached hydrogens (tertiary/aromatic N) is 1. The molecular formula is C14H13Cl2FN2. The molecule has 0 aliphatic rings. The summed E-state index contributed by atoms with van der Waals surface area (Å²) in [5.41, 5.74) is 1.74. The standard InChI is InChI=1S/C14H13Cl2FN2/c1-9(13-3-2-11(15)5-14(13)16)19-7-10-4-12(17)8-18-6-10/h2-6,8-9,19H,7H2,1H3. The number of hydrogen-bond donors (Lipinski definition) is 1. The minimum atomic E-state index is -0.337. The molecule has 5 heteroatoms. The molecule has 0 fully saturated rings. The maximum Gasteiger partial charge on any atom is 0.141 e. The molecule has 1 heterocycles. The van der Waals surface area contributed by atoms with Crippen LogP contribution in [0.2, 0.25) is 10.0 Å². The Balaban J connectivity index is 2.03. The van der Waals surface area contributed by atoms with Crippen LogP contribution in [0.25, 0.3) is 0 Å². The van der Waals surface area contributed by atoms with Crippen LogP contribution in [0.3, 0.4) is 0 Å². The van der Waals surface area contributed by atoms with Gasteiger partial charge in [-0.25, -0.2) is 4.39 Å². The second-order valence-corrected chi connectivity index (χ2v) is 5.12. The quantitative estimate of drug-likeness (QED) is 0.906. The first kappa shape index (κ1) is 14.3. The van der Waals surface area contributed by atoms with E-state index in [0.717, 1.165) is 11.1 Å². The lowest BCUT2D eigenvalue weighted by Gasteiger charge is -2.16. The van der Waals surface area contributed by atoms with Gasteiger partial charge in [-0.15, -0.1) is 0 Å². The van der Waals surface area contributed by atoms with E-state index in [1.807, 2.05) is 13.0 Å². The van der Waals surface area contributed by atoms with Gasteiger partial charge in [0.25, 0.3) is 0 Å². The summed E-state index contributed by atoms with van der Waals surface area (Å²) in [6, 6.07) is 6.88. The van der Waals surface area contributed by atoms with E-state index in [1.165, 1.54) is 12.3 Å². The van der Waals surface area contributed by atoms with Gasteiger partial charge >= 0.3 is 0 Å². The van der Waals surface area contributed by atoms with Crippen molar-refractivity contribution in [3.8, 4) is 0 Å². The molecule has 1 atom stereocenters. The van der Waals surface area contributed by atoms with Gasteiger partial charge in [-0.2, -0.15) is 0 Å². The minimum absolute atomic E-state index is 0.0352. The number of benzene rings is 1. The third-order valence-corrected chi connectivity index (χ3v) is 3.37. The molecule has 100 valence electrons. The monoisotopic (exact) mass is 298 g/mol. The highest BCUT2D eigenvalue weighted by Crippen LogP contribution is 2.26. The van der Waals surface area contributed by atoms with Crippen molar-refractivity contribution >= 4 is 23.2 Å². The zero-order valence-corrected chi connectivity index (χ0v) is 11.8. The average molecular weight is 299 g/mol. The molecule has 0 saturated carbocycles. The molecule has 0 spiro atoms. The van der Waals surface area contributed by atoms with Crippen molar-refractivity contribution in [3.05, 3.63) is 63.6 Å². The van der Waals surface area contributed by atoms with Gasteiger partial charge in [-0.05, 0) is 36.2 Å². The summed E-state index contributed by atoms with van der Waals surface area (Å²) in [5.74, 6) is -0.337. The number of halogens is 3. The van der Waals surface area contributed by atoms with E-state index in [0.29, 0.717) is 16.6 Å². The van der Waals surface area contributed by atoms with Gasteiger partial charge in [-0.3, -0.25) is 4.98 Å². The first-order chi connectivity index (χ1) is 9.06. The Morgan fingerprint density at radius 2 is 2.05 bits per heavy atom. The van der Waals surface area contributed by atoms with E-state index in [4.69, 9.17) is 23.2 Å². The lowest BCUT2D eigenvalue weighted by atomic mass is 10.1. The first-order valence-corrected chi connectivity index (χ1v) is 6.59. The fourth-order valence-electron chi connectivity index (χ4n) is 1.79. The zero-order chi connectivity index (χ0) is 13.8. The average Bonchev–Trinajstić information content (AvgIpc) is 2.36. The Bertz CT molecular complexity index is 575. The van der Waals surface area contributed by atoms with E-state index in [1.54, 1.807) is 18.3 Å². The van der Waals surface area contributed by atoms with Gasteiger partial charge in [0.1, 0.15) is 5.82 Å². The molecule has 0 radical (unpaired) electrons. The number of rotatable bonds is 4. The third-order valence-electron chi connectivity index (χ3n) is 2.80. The maximum atomic E-state index is 13.0. The largest absolute Gasteiger partial charge is 0.306 e. The maximum absolute atomic E-state index is 13.0. The Kier molecular flexibility index (Phi) is 4.75. The second kappa shape index (κ2) is 6.33. The smallest absolute Gasteiger partial charge is 0.141 e. The predicted octanol–water partition coefficient (Wildman–Crippen LogP) is 4.38. The molecule has 1 aromatic carbocycles. The molecular weight excluding hydrogens is 286 g/mol. The Hall–Kier alpha value is -1.16. The second-order valence-electron chi connectivity index (χ2n) is 4.28. The summed E-state index contributed by atoms with van der Waals surface area (Å²) in [5, 5.41) is 4.49. The van der Waals surface area contributed by atoms with Crippen molar-refractivity contribution in [2.24, 2.45) is 0 Å². The van der Waals surface area contributed by atoms with E-state index in [9.17, 15) is 4.39 Å². The highest BCUT2D eigenvalue weighted by Gasteiger charge is 2.09. The lowest BCUT2D eigenvalue weighted by molar-refractivity contribution is 0.567. The van der Waals surface area contributed by atoms with Crippen LogP contribution in [0.15, 0.2) is 36.7 Å². The van der Waals surface area contributed by atoms with E-state index in [-0.39, 0.29) is 11.9 Å². The highest BCUT2D eigenvalue weighted by atomic mass is 35.5. The van der Waals surface area contributed by atoms with Crippen molar-refractivity contribution in [2.45, 2.75) is 19.5 Å². The van der Waals surface area contributed by atoms with Crippen molar-refractivity contribution < 1.29 is 4.39 Å². The van der Waals surface area contributed by atoms with Crippen LogP contribution < -0.4 is 5.32 Å². The molecule has 0 aliphatic heterocycles. The predicted molar refractivity (Wildman–Crippen MR) is 75.9 cm³/mol. The van der Waals surface area contributed by atoms with Gasteiger partial charge < -0.3 is 5.32 Å². The Labute approximate surface area is 121 Å². The molecule has 0 bridgehead atoms. The number of nitrogens with one attached hydrogen (secondary N) is 1. The molecule has 1 N–H and O–H groups in total. The summed E-state index contributed by atoms with van der Waals surface area (Å²) in [6.45, 7) is 2.51. The van der Waals surface area contributed by atoms with Gasteiger partial charge in [0.05, 0.1) is 6.20 Å². The topological polar surface area (TPSA) is 24.9 Å². The summed E-state index contributed by atoms with van der Waals surface area (Å²) in [7, 11) is 0. The van der Waals surface area contributed by atoms with Crippen LogP contribution in [0, 0.1) is 5.82 Å². The molecule has 2 aromatic rings. The number of hydrogen-bond acceptors (Lipinski definition) is 2. The fourth-order valence-corrected chi connectivity index (χ4v) is 2.36. The minimum Gasteiger partial charge on any atom is -0.306 e. The SMILES string of the molecule is CC(NCc1cncc(F)c1)c1ccc(Cl)cc1Cl. The summed E-state index contributed by atoms with van der Waals surface area (Å²) < 4.78 is 13.0. The van der Waals surface area contributed by atoms with Crippen LogP contribution >= 0.6 is 23.2 Å². The van der Waals surface area contributed by atoms with E-state index >= 15 is 0 Å². The first-order valence-electron chi connectivity index (χ1n) is 5.84. The Morgan fingerprint density at radius 1 is 1.26 bits per heavy atom. The number of aromatic nitrogens is 1. The van der Waals surface area contributed by atoms with Gasteiger partial charge in [0.15, 0.2) is 0 Å². The molecule has 0 saturated heterocycles. The van der Waals surface area contributed by atoms with Crippen LogP contribution in [0.1, 0.15) is 24.1 Å². The van der Waals surface area contributed by atoms with Gasteiger partial charge in [0, 0.05) is 28.8 Å². The summed E-state index contributed by atoms with van der Waals surface area (Å²) in [4.78, 5) is 3.81. The summed E-state index contributed by atoms with van der Waals surface area (Å²) >= 11 is 12.0. The summed E-state index contributed by atoms with van der Waals surface area (Å²) in [6.07, 6.45) is 2.81. The lowest BCUT2D eigenvalue weighted by Crippen LogP contribution is -2.18.